The Morgan fingerprint density at radius 2 is 1.76 bits per heavy atom. The summed E-state index contributed by atoms with van der Waals surface area (Å²) in [7, 11) is 0. The smallest absolute Gasteiger partial charge is 0.262 e. The Balaban J connectivity index is 1.70. The first-order chi connectivity index (χ1) is 13.8. The van der Waals surface area contributed by atoms with Crippen LogP contribution >= 0.6 is 22.9 Å². The predicted octanol–water partition coefficient (Wildman–Crippen LogP) is 3.95. The van der Waals surface area contributed by atoms with Crippen LogP contribution in [0.1, 0.15) is 23.5 Å². The fourth-order valence-corrected chi connectivity index (χ4v) is 3.70. The molecule has 2 aromatic heterocycles. The number of benzene rings is 1. The number of thiophene rings is 1. The number of carbonyl (C=O) groups excluding carboxylic acids is 2. The van der Waals surface area contributed by atoms with E-state index in [0.29, 0.717) is 20.6 Å². The van der Waals surface area contributed by atoms with Crippen molar-refractivity contribution < 1.29 is 9.59 Å². The molecule has 2 heterocycles. The molecule has 2 amide bonds. The van der Waals surface area contributed by atoms with E-state index in [2.05, 4.69) is 10.6 Å². The first kappa shape index (κ1) is 20.8. The Hall–Kier alpha value is -2.90. The second-order valence-corrected chi connectivity index (χ2v) is 8.46. The number of nitrogens with one attached hydrogen (secondary N) is 2. The van der Waals surface area contributed by atoms with Crippen LogP contribution in [0.15, 0.2) is 65.6 Å². The molecule has 0 saturated carbocycles. The molecule has 0 unspecified atom stereocenters. The van der Waals surface area contributed by atoms with Gasteiger partial charge in [0.2, 0.25) is 5.91 Å². The number of hydrogen-bond acceptors (Lipinski definition) is 4. The molecule has 1 atom stereocenters. The molecule has 0 spiro atoms. The predicted molar refractivity (Wildman–Crippen MR) is 116 cm³/mol. The van der Waals surface area contributed by atoms with Crippen LogP contribution in [0.5, 0.6) is 0 Å². The highest BCUT2D eigenvalue weighted by Gasteiger charge is 2.25. The Labute approximate surface area is 177 Å². The lowest BCUT2D eigenvalue weighted by molar-refractivity contribution is -0.118. The monoisotopic (exact) mass is 429 g/mol. The van der Waals surface area contributed by atoms with Crippen molar-refractivity contribution >= 4 is 40.4 Å². The van der Waals surface area contributed by atoms with E-state index in [-0.39, 0.29) is 23.3 Å². The zero-order chi connectivity index (χ0) is 21.0. The molecule has 150 valence electrons. The fraction of sp³-hybridized carbons (Fsp3) is 0.190. The van der Waals surface area contributed by atoms with Crippen LogP contribution in [0, 0.1) is 5.92 Å². The molecule has 0 aliphatic heterocycles. The minimum absolute atomic E-state index is 0.114. The van der Waals surface area contributed by atoms with E-state index in [1.807, 2.05) is 13.8 Å². The number of anilines is 1. The Kier molecular flexibility index (Phi) is 6.51. The van der Waals surface area contributed by atoms with Gasteiger partial charge in [0.1, 0.15) is 6.04 Å². The lowest BCUT2D eigenvalue weighted by Crippen LogP contribution is -2.46. The lowest BCUT2D eigenvalue weighted by Gasteiger charge is -2.21. The largest absolute Gasteiger partial charge is 0.339 e. The first-order valence-corrected chi connectivity index (χ1v) is 10.2. The number of aromatic nitrogens is 1. The molecule has 0 bridgehead atoms. The molecule has 29 heavy (non-hydrogen) atoms. The van der Waals surface area contributed by atoms with Gasteiger partial charge in [0, 0.05) is 23.6 Å². The number of rotatable bonds is 6. The van der Waals surface area contributed by atoms with Gasteiger partial charge in [-0.2, -0.15) is 0 Å². The van der Waals surface area contributed by atoms with Gasteiger partial charge in [-0.1, -0.05) is 31.5 Å². The molecule has 0 radical (unpaired) electrons. The SMILES string of the molecule is CC(C)[C@@H](NC(=O)c1ccc(Cl)s1)C(=O)Nc1ccc(-n2ccccc2=O)cc1. The third-order valence-electron chi connectivity index (χ3n) is 4.27. The number of hydrogen-bond donors (Lipinski definition) is 2. The molecule has 0 fully saturated rings. The molecule has 0 saturated heterocycles. The summed E-state index contributed by atoms with van der Waals surface area (Å²) in [4.78, 5) is 37.5. The zero-order valence-corrected chi connectivity index (χ0v) is 17.5. The standard InChI is InChI=1S/C21H20ClN3O3S/c1-13(2)19(24-20(27)16-10-11-17(22)29-16)21(28)23-14-6-8-15(9-7-14)25-12-4-3-5-18(25)26/h3-13,19H,1-2H3,(H,23,28)(H,24,27)/t19-/m1/s1. The molecular formula is C21H20ClN3O3S. The Morgan fingerprint density at radius 1 is 1.03 bits per heavy atom. The van der Waals surface area contributed by atoms with Gasteiger partial charge in [-0.05, 0) is 48.4 Å². The van der Waals surface area contributed by atoms with Gasteiger partial charge < -0.3 is 10.6 Å². The van der Waals surface area contributed by atoms with Crippen LogP contribution in [-0.4, -0.2) is 22.4 Å². The third kappa shape index (κ3) is 5.13. The summed E-state index contributed by atoms with van der Waals surface area (Å²) in [6.45, 7) is 3.72. The molecule has 6 nitrogen and oxygen atoms in total. The summed E-state index contributed by atoms with van der Waals surface area (Å²) in [6.07, 6.45) is 1.68. The van der Waals surface area contributed by atoms with E-state index in [1.54, 1.807) is 54.7 Å². The quantitative estimate of drug-likeness (QED) is 0.622. The molecule has 0 aliphatic carbocycles. The molecule has 2 N–H and O–H groups in total. The van der Waals surface area contributed by atoms with Crippen LogP contribution in [0.4, 0.5) is 5.69 Å². The summed E-state index contributed by atoms with van der Waals surface area (Å²) in [5.41, 5.74) is 1.12. The van der Waals surface area contributed by atoms with Crippen LogP contribution in [0.2, 0.25) is 4.34 Å². The van der Waals surface area contributed by atoms with Gasteiger partial charge >= 0.3 is 0 Å². The van der Waals surface area contributed by atoms with E-state index in [0.717, 1.165) is 11.3 Å². The van der Waals surface area contributed by atoms with E-state index in [4.69, 9.17) is 11.6 Å². The average molecular weight is 430 g/mol. The molecule has 1 aromatic carbocycles. The minimum Gasteiger partial charge on any atom is -0.339 e. The van der Waals surface area contributed by atoms with Gasteiger partial charge in [0.05, 0.1) is 9.21 Å². The van der Waals surface area contributed by atoms with E-state index < -0.39 is 6.04 Å². The molecule has 3 aromatic rings. The van der Waals surface area contributed by atoms with Crippen molar-refractivity contribution in [1.82, 2.24) is 9.88 Å². The van der Waals surface area contributed by atoms with Crippen molar-refractivity contribution in [3.8, 4) is 5.69 Å². The van der Waals surface area contributed by atoms with Crippen molar-refractivity contribution in [2.75, 3.05) is 5.32 Å². The molecule has 8 heteroatoms. The van der Waals surface area contributed by atoms with Gasteiger partial charge in [0.15, 0.2) is 0 Å². The van der Waals surface area contributed by atoms with Crippen LogP contribution in [0.3, 0.4) is 0 Å². The highest BCUT2D eigenvalue weighted by molar-refractivity contribution is 7.18. The third-order valence-corrected chi connectivity index (χ3v) is 5.50. The minimum atomic E-state index is -0.709. The van der Waals surface area contributed by atoms with E-state index in [1.165, 1.54) is 10.6 Å². The second kappa shape index (κ2) is 9.07. The van der Waals surface area contributed by atoms with Gasteiger partial charge in [-0.25, -0.2) is 0 Å². The molecular weight excluding hydrogens is 410 g/mol. The topological polar surface area (TPSA) is 80.2 Å². The maximum Gasteiger partial charge on any atom is 0.262 e. The Morgan fingerprint density at radius 3 is 2.34 bits per heavy atom. The fourth-order valence-electron chi connectivity index (χ4n) is 2.75. The summed E-state index contributed by atoms with van der Waals surface area (Å²) >= 11 is 7.04. The summed E-state index contributed by atoms with van der Waals surface area (Å²) in [5, 5.41) is 5.58. The average Bonchev–Trinajstić information content (AvgIpc) is 3.13. The van der Waals surface area contributed by atoms with Gasteiger partial charge in [-0.15, -0.1) is 11.3 Å². The lowest BCUT2D eigenvalue weighted by atomic mass is 10.0. The highest BCUT2D eigenvalue weighted by Crippen LogP contribution is 2.22. The van der Waals surface area contributed by atoms with Gasteiger partial charge in [0.25, 0.3) is 11.5 Å². The molecule has 0 aliphatic rings. The number of pyridine rings is 1. The van der Waals surface area contributed by atoms with Crippen LogP contribution in [0.25, 0.3) is 5.69 Å². The second-order valence-electron chi connectivity index (χ2n) is 6.74. The summed E-state index contributed by atoms with van der Waals surface area (Å²) in [6, 6.07) is 14.4. The van der Waals surface area contributed by atoms with Crippen molar-refractivity contribution in [2.45, 2.75) is 19.9 Å². The van der Waals surface area contributed by atoms with Crippen LogP contribution in [-0.2, 0) is 4.79 Å². The van der Waals surface area contributed by atoms with Crippen molar-refractivity contribution in [3.05, 3.63) is 80.4 Å². The summed E-state index contributed by atoms with van der Waals surface area (Å²) in [5.74, 6) is -0.772. The zero-order valence-electron chi connectivity index (χ0n) is 15.9. The maximum absolute atomic E-state index is 12.7. The first-order valence-electron chi connectivity index (χ1n) is 9.00. The van der Waals surface area contributed by atoms with E-state index in [9.17, 15) is 14.4 Å². The van der Waals surface area contributed by atoms with Crippen LogP contribution < -0.4 is 16.2 Å². The van der Waals surface area contributed by atoms with Crippen molar-refractivity contribution in [3.63, 3.8) is 0 Å². The van der Waals surface area contributed by atoms with Crippen molar-refractivity contribution in [2.24, 2.45) is 5.92 Å². The summed E-state index contributed by atoms with van der Waals surface area (Å²) < 4.78 is 2.02. The number of carbonyl (C=O) groups is 2. The normalized spacial score (nSPS) is 11.9. The number of nitrogens with zero attached hydrogens (tertiary/aromatic N) is 1. The van der Waals surface area contributed by atoms with Crippen molar-refractivity contribution in [1.29, 1.82) is 0 Å². The highest BCUT2D eigenvalue weighted by atomic mass is 35.5. The van der Waals surface area contributed by atoms with E-state index >= 15 is 0 Å². The Bertz CT molecular complexity index is 1070. The maximum atomic E-state index is 12.7. The number of halogens is 1. The van der Waals surface area contributed by atoms with Gasteiger partial charge in [-0.3, -0.25) is 19.0 Å². The number of amides is 2. The molecule has 3 rings (SSSR count).